The van der Waals surface area contributed by atoms with Crippen molar-refractivity contribution >= 4 is 31.2 Å². The summed E-state index contributed by atoms with van der Waals surface area (Å²) < 4.78 is 1.35. The van der Waals surface area contributed by atoms with Gasteiger partial charge in [0.2, 0.25) is 0 Å². The van der Waals surface area contributed by atoms with Gasteiger partial charge in [0, 0.05) is 0 Å². The van der Waals surface area contributed by atoms with Crippen molar-refractivity contribution in [3.05, 3.63) is 70.5 Å². The van der Waals surface area contributed by atoms with Crippen LogP contribution in [0, 0.1) is 0 Å². The Morgan fingerprint density at radius 3 is 2.17 bits per heavy atom. The molecule has 1 N–H and O–H groups in total. The Hall–Kier alpha value is -0.991. The number of rotatable bonds is 5. The van der Waals surface area contributed by atoms with Gasteiger partial charge in [-0.15, -0.1) is 0 Å². The van der Waals surface area contributed by atoms with Gasteiger partial charge in [-0.3, -0.25) is 0 Å². The summed E-state index contributed by atoms with van der Waals surface area (Å²) in [6, 6.07) is 21.0. The van der Waals surface area contributed by atoms with Crippen LogP contribution in [0.5, 0.6) is 0 Å². The van der Waals surface area contributed by atoms with Gasteiger partial charge in [0.15, 0.2) is 0 Å². The van der Waals surface area contributed by atoms with Gasteiger partial charge in [-0.2, -0.15) is 0 Å². The van der Waals surface area contributed by atoms with Gasteiger partial charge in [-0.25, -0.2) is 0 Å². The van der Waals surface area contributed by atoms with Gasteiger partial charge in [0.25, 0.3) is 0 Å². The van der Waals surface area contributed by atoms with Gasteiger partial charge in [0.05, 0.1) is 0 Å². The molecule has 3 rings (SSSR count). The van der Waals surface area contributed by atoms with E-state index in [1.807, 2.05) is 6.07 Å². The molecule has 0 spiro atoms. The Morgan fingerprint density at radius 1 is 0.913 bits per heavy atom. The average molecular weight is 389 g/mol. The minimum absolute atomic E-state index is 0.256. The van der Waals surface area contributed by atoms with Gasteiger partial charge >= 0.3 is 149 Å². The molecule has 0 unspecified atom stereocenters. The number of benzene rings is 2. The fraction of sp³-hybridized carbons (Fsp3) is 0.300. The van der Waals surface area contributed by atoms with E-state index >= 15 is 0 Å². The number of aliphatic hydroxyl groups is 1. The molecule has 23 heavy (non-hydrogen) atoms. The minimum atomic E-state index is -0.630. The molecule has 0 amide bonds. The summed E-state index contributed by atoms with van der Waals surface area (Å²) in [5.74, 6) is 0. The normalized spacial score (nSPS) is 17.9. The fourth-order valence-electron chi connectivity index (χ4n) is 2.85. The van der Waals surface area contributed by atoms with Crippen LogP contribution in [-0.4, -0.2) is 25.7 Å². The first kappa shape index (κ1) is 16.9. The molecule has 2 aromatic rings. The monoisotopic (exact) mass is 390 g/mol. The molecule has 0 aromatic heterocycles. The first-order valence-electron chi connectivity index (χ1n) is 8.14. The Labute approximate surface area is 149 Å². The average Bonchev–Trinajstić information content (AvgIpc) is 2.61. The third kappa shape index (κ3) is 4.74. The van der Waals surface area contributed by atoms with E-state index in [4.69, 9.17) is 0 Å². The van der Waals surface area contributed by atoms with Crippen LogP contribution in [0.1, 0.15) is 32.1 Å². The fourth-order valence-corrected chi connectivity index (χ4v) is 6.02. The van der Waals surface area contributed by atoms with Crippen LogP contribution in [0.2, 0.25) is 0 Å². The maximum atomic E-state index is 11.2. The van der Waals surface area contributed by atoms with Crippen LogP contribution in [0.15, 0.2) is 75.4 Å². The molecule has 0 radical (unpaired) electrons. The van der Waals surface area contributed by atoms with E-state index in [9.17, 15) is 5.11 Å². The second kappa shape index (κ2) is 8.21. The van der Waals surface area contributed by atoms with Crippen LogP contribution in [0.25, 0.3) is 0 Å². The molecule has 1 nitrogen and oxygen atoms in total. The van der Waals surface area contributed by atoms with Crippen LogP contribution in [-0.2, 0) is 0 Å². The number of hydrogen-bond donors (Lipinski definition) is 1. The van der Waals surface area contributed by atoms with Crippen molar-refractivity contribution in [2.45, 2.75) is 42.6 Å². The van der Waals surface area contributed by atoms with Crippen molar-refractivity contribution < 1.29 is 5.11 Å². The summed E-state index contributed by atoms with van der Waals surface area (Å²) >= 11 is 2.00. The Balaban J connectivity index is 1.83. The predicted octanol–water partition coefficient (Wildman–Crippen LogP) is 4.35. The molecule has 0 saturated heterocycles. The second-order valence-corrected chi connectivity index (χ2v) is 9.01. The van der Waals surface area contributed by atoms with E-state index in [0.29, 0.717) is 0 Å². The molecule has 0 heterocycles. The van der Waals surface area contributed by atoms with Gasteiger partial charge < -0.3 is 0 Å². The van der Waals surface area contributed by atoms with Gasteiger partial charge in [-0.1, -0.05) is 0 Å². The number of hydrogen-bond acceptors (Lipinski definition) is 2. The summed E-state index contributed by atoms with van der Waals surface area (Å²) in [5.41, 5.74) is -0.630. The standard InChI is InChI=1S/C20H22OSSe/c21-20(14-8-3-9-15-20)19(22-17-10-4-1-5-11-17)16-23-18-12-6-2-7-13-18/h1-2,4-7,10-13,16,21H,3,8-9,14-15H2/b19-16-. The summed E-state index contributed by atoms with van der Waals surface area (Å²) in [7, 11) is 0. The van der Waals surface area contributed by atoms with Crippen molar-refractivity contribution in [3.8, 4) is 0 Å². The summed E-state index contributed by atoms with van der Waals surface area (Å²) in [5, 5.41) is 11.2. The molecule has 0 bridgehead atoms. The summed E-state index contributed by atoms with van der Waals surface area (Å²) in [4.78, 5) is 4.65. The van der Waals surface area contributed by atoms with Crippen molar-refractivity contribution in [2.24, 2.45) is 0 Å². The van der Waals surface area contributed by atoms with Gasteiger partial charge in [-0.05, 0) is 0 Å². The van der Waals surface area contributed by atoms with Crippen molar-refractivity contribution in [3.63, 3.8) is 0 Å². The molecule has 0 atom stereocenters. The maximum absolute atomic E-state index is 11.2. The van der Waals surface area contributed by atoms with Crippen LogP contribution in [0.4, 0.5) is 0 Å². The zero-order valence-electron chi connectivity index (χ0n) is 13.2. The van der Waals surface area contributed by atoms with E-state index in [2.05, 4.69) is 59.6 Å². The van der Waals surface area contributed by atoms with E-state index in [0.717, 1.165) is 30.6 Å². The van der Waals surface area contributed by atoms with Gasteiger partial charge in [0.1, 0.15) is 0 Å². The van der Waals surface area contributed by atoms with E-state index < -0.39 is 5.60 Å². The quantitative estimate of drug-likeness (QED) is 0.606. The molecule has 1 fully saturated rings. The molecule has 1 saturated carbocycles. The Bertz CT molecular complexity index is 633. The SMILES string of the molecule is OC1(/C(=C/[Se]c2ccccc2)Sc2ccccc2)CCCCC1. The molecular weight excluding hydrogens is 367 g/mol. The third-order valence-electron chi connectivity index (χ3n) is 4.16. The zero-order valence-corrected chi connectivity index (χ0v) is 15.7. The molecule has 1 aliphatic carbocycles. The zero-order chi connectivity index (χ0) is 16.0. The predicted molar refractivity (Wildman–Crippen MR) is 100 cm³/mol. The molecule has 0 aliphatic heterocycles. The molecular formula is C20H22OSSe. The molecule has 120 valence electrons. The Kier molecular flexibility index (Phi) is 6.02. The van der Waals surface area contributed by atoms with Crippen molar-refractivity contribution in [1.29, 1.82) is 0 Å². The van der Waals surface area contributed by atoms with E-state index in [-0.39, 0.29) is 15.0 Å². The van der Waals surface area contributed by atoms with Crippen molar-refractivity contribution in [2.75, 3.05) is 0 Å². The summed E-state index contributed by atoms with van der Waals surface area (Å²) in [6.45, 7) is 0. The Morgan fingerprint density at radius 2 is 1.52 bits per heavy atom. The van der Waals surface area contributed by atoms with Crippen LogP contribution >= 0.6 is 11.8 Å². The summed E-state index contributed by atoms with van der Waals surface area (Å²) in [6.07, 6.45) is 5.28. The van der Waals surface area contributed by atoms with Crippen LogP contribution < -0.4 is 4.46 Å². The van der Waals surface area contributed by atoms with E-state index in [1.54, 1.807) is 11.8 Å². The first-order valence-corrected chi connectivity index (χ1v) is 10.8. The second-order valence-electron chi connectivity index (χ2n) is 5.92. The first-order chi connectivity index (χ1) is 11.3. The third-order valence-corrected chi connectivity index (χ3v) is 7.60. The topological polar surface area (TPSA) is 20.2 Å². The van der Waals surface area contributed by atoms with E-state index in [1.165, 1.54) is 15.8 Å². The van der Waals surface area contributed by atoms with Crippen molar-refractivity contribution in [1.82, 2.24) is 0 Å². The molecule has 3 heteroatoms. The number of thioether (sulfide) groups is 1. The molecule has 2 aromatic carbocycles. The van der Waals surface area contributed by atoms with Crippen LogP contribution in [0.3, 0.4) is 0 Å². The molecule has 1 aliphatic rings.